The molecule has 1 N–H and O–H groups in total. The Morgan fingerprint density at radius 2 is 2.40 bits per heavy atom. The van der Waals surface area contributed by atoms with Crippen LogP contribution in [0.15, 0.2) is 24.0 Å². The standard InChI is InChI=1S/C15H17FN2OS/c1-15(16)5-9(6-15)13(19)4-11-14-10(2-3-20-14)12-7-17-8-18(11)12/h2-3,7-9,11,13,19H,4-6H2,1H3/t9?,11-,13-,15?/m0/s1. The maximum atomic E-state index is 13.6. The molecule has 1 aliphatic heterocycles. The minimum Gasteiger partial charge on any atom is -0.393 e. The molecule has 0 radical (unpaired) electrons. The lowest BCUT2D eigenvalue weighted by atomic mass is 9.70. The minimum absolute atomic E-state index is 0.0981. The van der Waals surface area contributed by atoms with Crippen LogP contribution in [0.1, 0.15) is 37.1 Å². The second-order valence-corrected chi connectivity index (χ2v) is 7.23. The van der Waals surface area contributed by atoms with Crippen molar-refractivity contribution in [2.75, 3.05) is 0 Å². The van der Waals surface area contributed by atoms with Gasteiger partial charge in [0.2, 0.25) is 0 Å². The topological polar surface area (TPSA) is 38.1 Å². The van der Waals surface area contributed by atoms with Crippen molar-refractivity contribution < 1.29 is 9.50 Å². The van der Waals surface area contributed by atoms with Crippen LogP contribution >= 0.6 is 11.3 Å². The maximum Gasteiger partial charge on any atom is 0.109 e. The summed E-state index contributed by atoms with van der Waals surface area (Å²) in [6.45, 7) is 1.62. The van der Waals surface area contributed by atoms with Gasteiger partial charge in [-0.2, -0.15) is 0 Å². The smallest absolute Gasteiger partial charge is 0.109 e. The molecule has 3 heterocycles. The van der Waals surface area contributed by atoms with E-state index in [1.165, 1.54) is 10.4 Å². The quantitative estimate of drug-likeness (QED) is 0.941. The molecule has 1 saturated carbocycles. The number of aliphatic hydroxyl groups excluding tert-OH is 1. The summed E-state index contributed by atoms with van der Waals surface area (Å²) in [6, 6.07) is 2.27. The first kappa shape index (κ1) is 12.5. The Labute approximate surface area is 121 Å². The summed E-state index contributed by atoms with van der Waals surface area (Å²) >= 11 is 1.73. The fourth-order valence-corrected chi connectivity index (χ4v) is 4.64. The lowest BCUT2D eigenvalue weighted by Gasteiger charge is -2.41. The number of aliphatic hydroxyl groups is 1. The fourth-order valence-electron chi connectivity index (χ4n) is 3.63. The molecule has 0 bridgehead atoms. The highest BCUT2D eigenvalue weighted by atomic mass is 32.1. The van der Waals surface area contributed by atoms with Crippen LogP contribution in [0, 0.1) is 5.92 Å². The number of halogens is 1. The van der Waals surface area contributed by atoms with Crippen LogP contribution in [0.4, 0.5) is 4.39 Å². The van der Waals surface area contributed by atoms with Crippen LogP contribution < -0.4 is 0 Å². The molecule has 0 aromatic carbocycles. The van der Waals surface area contributed by atoms with Crippen molar-refractivity contribution in [3.05, 3.63) is 28.8 Å². The molecule has 5 heteroatoms. The molecule has 0 unspecified atom stereocenters. The van der Waals surface area contributed by atoms with Gasteiger partial charge in [-0.25, -0.2) is 9.37 Å². The van der Waals surface area contributed by atoms with E-state index in [-0.39, 0.29) is 12.0 Å². The first-order valence-corrected chi connectivity index (χ1v) is 7.90. The van der Waals surface area contributed by atoms with E-state index in [1.54, 1.807) is 18.3 Å². The van der Waals surface area contributed by atoms with Gasteiger partial charge in [-0.05, 0) is 43.6 Å². The Kier molecular flexibility index (Phi) is 2.60. The predicted octanol–water partition coefficient (Wildman–Crippen LogP) is 3.40. The van der Waals surface area contributed by atoms with E-state index >= 15 is 0 Å². The van der Waals surface area contributed by atoms with Crippen molar-refractivity contribution in [3.63, 3.8) is 0 Å². The molecule has 20 heavy (non-hydrogen) atoms. The molecule has 1 aliphatic carbocycles. The minimum atomic E-state index is -1.07. The molecular weight excluding hydrogens is 275 g/mol. The van der Waals surface area contributed by atoms with Gasteiger partial charge in [0.05, 0.1) is 30.4 Å². The fraction of sp³-hybridized carbons (Fsp3) is 0.533. The third-order valence-electron chi connectivity index (χ3n) is 4.66. The van der Waals surface area contributed by atoms with Gasteiger partial charge in [0.25, 0.3) is 0 Å². The van der Waals surface area contributed by atoms with Crippen molar-refractivity contribution in [1.82, 2.24) is 9.55 Å². The molecular formula is C15H17FN2OS. The van der Waals surface area contributed by atoms with Crippen LogP contribution in [0.3, 0.4) is 0 Å². The lowest BCUT2D eigenvalue weighted by molar-refractivity contribution is -0.0499. The van der Waals surface area contributed by atoms with Gasteiger partial charge in [-0.1, -0.05) is 0 Å². The molecule has 4 rings (SSSR count). The summed E-state index contributed by atoms with van der Waals surface area (Å²) in [7, 11) is 0. The lowest BCUT2D eigenvalue weighted by Crippen LogP contribution is -2.43. The molecule has 2 aliphatic rings. The zero-order valence-electron chi connectivity index (χ0n) is 11.3. The van der Waals surface area contributed by atoms with Gasteiger partial charge in [0.15, 0.2) is 0 Å². The number of rotatable bonds is 3. The molecule has 3 nitrogen and oxygen atoms in total. The Hall–Kier alpha value is -1.20. The number of thiophene rings is 1. The van der Waals surface area contributed by atoms with Crippen LogP contribution in [0.5, 0.6) is 0 Å². The summed E-state index contributed by atoms with van der Waals surface area (Å²) in [4.78, 5) is 5.50. The van der Waals surface area contributed by atoms with E-state index in [0.717, 1.165) is 5.69 Å². The van der Waals surface area contributed by atoms with Crippen molar-refractivity contribution in [2.45, 2.75) is 44.0 Å². The third-order valence-corrected chi connectivity index (χ3v) is 5.68. The van der Waals surface area contributed by atoms with Crippen LogP contribution in [-0.2, 0) is 0 Å². The molecule has 0 amide bonds. The third kappa shape index (κ3) is 1.76. The van der Waals surface area contributed by atoms with Gasteiger partial charge in [-0.3, -0.25) is 0 Å². The maximum absolute atomic E-state index is 13.6. The van der Waals surface area contributed by atoms with E-state index in [9.17, 15) is 9.50 Å². The Morgan fingerprint density at radius 3 is 3.15 bits per heavy atom. The zero-order chi connectivity index (χ0) is 13.9. The van der Waals surface area contributed by atoms with E-state index < -0.39 is 11.8 Å². The average Bonchev–Trinajstić information content (AvgIpc) is 3.02. The van der Waals surface area contributed by atoms with E-state index in [4.69, 9.17) is 0 Å². The molecule has 106 valence electrons. The number of imidazole rings is 1. The van der Waals surface area contributed by atoms with Gasteiger partial charge in [0.1, 0.15) is 5.67 Å². The zero-order valence-corrected chi connectivity index (χ0v) is 12.1. The Balaban J connectivity index is 1.56. The Morgan fingerprint density at radius 1 is 1.60 bits per heavy atom. The number of aromatic nitrogens is 2. The van der Waals surface area contributed by atoms with Crippen LogP contribution in [0.2, 0.25) is 0 Å². The number of nitrogens with zero attached hydrogens (tertiary/aromatic N) is 2. The van der Waals surface area contributed by atoms with Gasteiger partial charge in [0, 0.05) is 10.4 Å². The van der Waals surface area contributed by atoms with Gasteiger partial charge in [-0.15, -0.1) is 11.3 Å². The monoisotopic (exact) mass is 292 g/mol. The molecule has 2 aromatic rings. The summed E-state index contributed by atoms with van der Waals surface area (Å²) in [5, 5.41) is 12.5. The predicted molar refractivity (Wildman–Crippen MR) is 76.5 cm³/mol. The number of hydrogen-bond acceptors (Lipinski definition) is 3. The van der Waals surface area contributed by atoms with Gasteiger partial charge >= 0.3 is 0 Å². The average molecular weight is 292 g/mol. The normalized spacial score (nSPS) is 32.5. The van der Waals surface area contributed by atoms with Crippen molar-refractivity contribution in [3.8, 4) is 11.3 Å². The summed E-state index contributed by atoms with van der Waals surface area (Å²) in [5.41, 5.74) is 1.28. The highest BCUT2D eigenvalue weighted by molar-refractivity contribution is 7.10. The number of fused-ring (bicyclic) bond motifs is 3. The second-order valence-electron chi connectivity index (χ2n) is 6.29. The van der Waals surface area contributed by atoms with Crippen molar-refractivity contribution in [1.29, 1.82) is 0 Å². The van der Waals surface area contributed by atoms with Crippen molar-refractivity contribution >= 4 is 11.3 Å². The van der Waals surface area contributed by atoms with E-state index in [2.05, 4.69) is 21.0 Å². The summed E-state index contributed by atoms with van der Waals surface area (Å²) in [6.07, 6.45) is 4.88. The highest BCUT2D eigenvalue weighted by Crippen LogP contribution is 2.48. The van der Waals surface area contributed by atoms with E-state index in [1.807, 2.05) is 12.5 Å². The molecule has 2 aromatic heterocycles. The largest absolute Gasteiger partial charge is 0.393 e. The SMILES string of the molecule is CC1(F)CC([C@@H](O)C[C@H]2c3sccc3-c3cncn32)C1. The molecule has 2 atom stereocenters. The highest BCUT2D eigenvalue weighted by Gasteiger charge is 2.45. The summed E-state index contributed by atoms with van der Waals surface area (Å²) in [5.74, 6) is 0.0981. The van der Waals surface area contributed by atoms with Crippen molar-refractivity contribution in [2.24, 2.45) is 5.92 Å². The number of alkyl halides is 1. The van der Waals surface area contributed by atoms with Gasteiger partial charge < -0.3 is 9.67 Å². The summed E-state index contributed by atoms with van der Waals surface area (Å²) < 4.78 is 15.7. The first-order valence-electron chi connectivity index (χ1n) is 7.02. The second kappa shape index (κ2) is 4.15. The molecule has 1 fully saturated rings. The van der Waals surface area contributed by atoms with E-state index in [0.29, 0.717) is 19.3 Å². The Bertz CT molecular complexity index is 600. The van der Waals surface area contributed by atoms with Crippen LogP contribution in [-0.4, -0.2) is 26.4 Å². The number of hydrogen-bond donors (Lipinski definition) is 1. The van der Waals surface area contributed by atoms with Crippen LogP contribution in [0.25, 0.3) is 11.3 Å². The molecule has 0 saturated heterocycles. The molecule has 0 spiro atoms. The first-order chi connectivity index (χ1) is 9.55.